The predicted octanol–water partition coefficient (Wildman–Crippen LogP) is 4.43. The summed E-state index contributed by atoms with van der Waals surface area (Å²) in [4.78, 5) is 0. The van der Waals surface area contributed by atoms with Gasteiger partial charge in [-0.3, -0.25) is 0 Å². The van der Waals surface area contributed by atoms with Crippen LogP contribution in [0.5, 0.6) is 11.5 Å². The van der Waals surface area contributed by atoms with E-state index in [1.807, 2.05) is 32.0 Å². The van der Waals surface area contributed by atoms with E-state index >= 15 is 0 Å². The number of benzene rings is 2. The van der Waals surface area contributed by atoms with E-state index in [0.29, 0.717) is 5.75 Å². The van der Waals surface area contributed by atoms with Gasteiger partial charge in [0.05, 0.1) is 0 Å². The zero-order valence-corrected chi connectivity index (χ0v) is 11.5. The molecule has 0 amide bonds. The van der Waals surface area contributed by atoms with Crippen LogP contribution in [0.4, 0.5) is 8.78 Å². The second-order valence-corrected chi connectivity index (χ2v) is 4.49. The zero-order chi connectivity index (χ0) is 14.5. The molecule has 0 radical (unpaired) electrons. The molecule has 0 bridgehead atoms. The lowest BCUT2D eigenvalue weighted by molar-refractivity contribution is 0.426. The third kappa shape index (κ3) is 3.33. The van der Waals surface area contributed by atoms with Gasteiger partial charge in [0.15, 0.2) is 11.6 Å². The zero-order valence-electron chi connectivity index (χ0n) is 11.5. The Morgan fingerprint density at radius 3 is 2.55 bits per heavy atom. The monoisotopic (exact) mass is 277 g/mol. The Labute approximate surface area is 117 Å². The average molecular weight is 277 g/mol. The minimum Gasteiger partial charge on any atom is -0.454 e. The Balaban J connectivity index is 2.29. The van der Waals surface area contributed by atoms with Gasteiger partial charge in [0.1, 0.15) is 11.6 Å². The largest absolute Gasteiger partial charge is 0.454 e. The van der Waals surface area contributed by atoms with E-state index in [9.17, 15) is 8.78 Å². The summed E-state index contributed by atoms with van der Waals surface area (Å²) in [5, 5.41) is 3.28. The van der Waals surface area contributed by atoms with Crippen molar-refractivity contribution < 1.29 is 13.5 Å². The minimum atomic E-state index is -0.712. The third-order valence-corrected chi connectivity index (χ3v) is 3.01. The van der Waals surface area contributed by atoms with Crippen LogP contribution >= 0.6 is 0 Å². The molecule has 1 unspecified atom stereocenters. The molecular formula is C16H17F2NO. The molecule has 0 saturated heterocycles. The molecule has 106 valence electrons. The van der Waals surface area contributed by atoms with Gasteiger partial charge in [0.25, 0.3) is 0 Å². The summed E-state index contributed by atoms with van der Waals surface area (Å²) >= 11 is 0. The molecule has 0 heterocycles. The van der Waals surface area contributed by atoms with Crippen molar-refractivity contribution in [3.63, 3.8) is 0 Å². The van der Waals surface area contributed by atoms with E-state index in [0.717, 1.165) is 18.2 Å². The fourth-order valence-electron chi connectivity index (χ4n) is 2.02. The van der Waals surface area contributed by atoms with Gasteiger partial charge in [-0.05, 0) is 31.7 Å². The molecule has 2 aromatic rings. The smallest absolute Gasteiger partial charge is 0.168 e. The third-order valence-electron chi connectivity index (χ3n) is 3.01. The highest BCUT2D eigenvalue weighted by molar-refractivity contribution is 5.40. The Kier molecular flexibility index (Phi) is 4.69. The lowest BCUT2D eigenvalue weighted by Crippen LogP contribution is -2.18. The first-order valence-electron chi connectivity index (χ1n) is 6.57. The fraction of sp³-hybridized carbons (Fsp3) is 0.250. The summed E-state index contributed by atoms with van der Waals surface area (Å²) in [5.74, 6) is -0.755. The van der Waals surface area contributed by atoms with Crippen molar-refractivity contribution in [1.82, 2.24) is 5.32 Å². The van der Waals surface area contributed by atoms with E-state index in [1.54, 1.807) is 6.07 Å². The van der Waals surface area contributed by atoms with Crippen LogP contribution in [0.2, 0.25) is 0 Å². The van der Waals surface area contributed by atoms with Crippen LogP contribution < -0.4 is 10.1 Å². The van der Waals surface area contributed by atoms with Gasteiger partial charge in [0, 0.05) is 17.7 Å². The first-order chi connectivity index (χ1) is 9.61. The van der Waals surface area contributed by atoms with Gasteiger partial charge >= 0.3 is 0 Å². The number of rotatable bonds is 5. The highest BCUT2D eigenvalue weighted by Crippen LogP contribution is 2.31. The van der Waals surface area contributed by atoms with E-state index in [-0.39, 0.29) is 11.8 Å². The molecule has 2 aromatic carbocycles. The van der Waals surface area contributed by atoms with Crippen LogP contribution in [0.15, 0.2) is 42.5 Å². The summed E-state index contributed by atoms with van der Waals surface area (Å²) in [6.07, 6.45) is 0. The van der Waals surface area contributed by atoms with Crippen molar-refractivity contribution in [3.05, 3.63) is 59.7 Å². The molecule has 0 fully saturated rings. The lowest BCUT2D eigenvalue weighted by atomic mass is 10.1. The van der Waals surface area contributed by atoms with Crippen LogP contribution in [-0.4, -0.2) is 6.54 Å². The quantitative estimate of drug-likeness (QED) is 0.873. The maximum absolute atomic E-state index is 13.6. The van der Waals surface area contributed by atoms with Crippen molar-refractivity contribution in [2.45, 2.75) is 19.9 Å². The highest BCUT2D eigenvalue weighted by Gasteiger charge is 2.13. The van der Waals surface area contributed by atoms with Gasteiger partial charge < -0.3 is 10.1 Å². The summed E-state index contributed by atoms with van der Waals surface area (Å²) in [5.41, 5.74) is 0.929. The predicted molar refractivity (Wildman–Crippen MR) is 75.0 cm³/mol. The van der Waals surface area contributed by atoms with Crippen molar-refractivity contribution in [2.75, 3.05) is 6.54 Å². The van der Waals surface area contributed by atoms with Crippen LogP contribution in [0, 0.1) is 11.6 Å². The molecule has 0 aromatic heterocycles. The Hall–Kier alpha value is -1.94. The number of nitrogens with one attached hydrogen (secondary N) is 1. The fourth-order valence-corrected chi connectivity index (χ4v) is 2.02. The second-order valence-electron chi connectivity index (χ2n) is 4.49. The SMILES string of the molecule is CCNC(C)c1ccccc1Oc1ccc(F)cc1F. The Morgan fingerprint density at radius 2 is 1.85 bits per heavy atom. The Bertz CT molecular complexity index is 586. The molecule has 0 aliphatic carbocycles. The average Bonchev–Trinajstić information content (AvgIpc) is 2.43. The highest BCUT2D eigenvalue weighted by atomic mass is 19.1. The molecule has 1 atom stereocenters. The number of hydrogen-bond acceptors (Lipinski definition) is 2. The molecule has 2 rings (SSSR count). The maximum atomic E-state index is 13.6. The number of hydrogen-bond donors (Lipinski definition) is 1. The molecule has 20 heavy (non-hydrogen) atoms. The summed E-state index contributed by atoms with van der Waals surface area (Å²) in [6.45, 7) is 4.84. The van der Waals surface area contributed by atoms with E-state index in [2.05, 4.69) is 5.32 Å². The van der Waals surface area contributed by atoms with Crippen LogP contribution in [-0.2, 0) is 0 Å². The first kappa shape index (κ1) is 14.5. The van der Waals surface area contributed by atoms with Gasteiger partial charge in [-0.15, -0.1) is 0 Å². The van der Waals surface area contributed by atoms with Crippen LogP contribution in [0.25, 0.3) is 0 Å². The molecule has 0 aliphatic heterocycles. The van der Waals surface area contributed by atoms with Gasteiger partial charge in [-0.2, -0.15) is 0 Å². The van der Waals surface area contributed by atoms with Crippen LogP contribution in [0.1, 0.15) is 25.5 Å². The molecule has 2 nitrogen and oxygen atoms in total. The second kappa shape index (κ2) is 6.48. The van der Waals surface area contributed by atoms with Crippen molar-refractivity contribution >= 4 is 0 Å². The summed E-state index contributed by atoms with van der Waals surface area (Å²) in [6, 6.07) is 10.8. The number of halogens is 2. The normalized spacial score (nSPS) is 12.2. The van der Waals surface area contributed by atoms with Gasteiger partial charge in [-0.25, -0.2) is 8.78 Å². The molecule has 1 N–H and O–H groups in total. The van der Waals surface area contributed by atoms with E-state index in [1.165, 1.54) is 12.1 Å². The first-order valence-corrected chi connectivity index (χ1v) is 6.57. The van der Waals surface area contributed by atoms with Crippen molar-refractivity contribution in [2.24, 2.45) is 0 Å². The van der Waals surface area contributed by atoms with E-state index in [4.69, 9.17) is 4.74 Å². The standard InChI is InChI=1S/C16H17F2NO/c1-3-19-11(2)13-6-4-5-7-15(13)20-16-9-8-12(17)10-14(16)18/h4-11,19H,3H2,1-2H3. The number of ether oxygens (including phenoxy) is 1. The maximum Gasteiger partial charge on any atom is 0.168 e. The summed E-state index contributed by atoms with van der Waals surface area (Å²) < 4.78 is 32.1. The molecule has 0 saturated carbocycles. The minimum absolute atomic E-state index is 0.0162. The van der Waals surface area contributed by atoms with Gasteiger partial charge in [0.2, 0.25) is 0 Å². The van der Waals surface area contributed by atoms with Crippen molar-refractivity contribution in [3.8, 4) is 11.5 Å². The Morgan fingerprint density at radius 1 is 1.10 bits per heavy atom. The molecular weight excluding hydrogens is 260 g/mol. The molecule has 0 spiro atoms. The molecule has 4 heteroatoms. The number of para-hydroxylation sites is 1. The van der Waals surface area contributed by atoms with E-state index < -0.39 is 11.6 Å². The topological polar surface area (TPSA) is 21.3 Å². The summed E-state index contributed by atoms with van der Waals surface area (Å²) in [7, 11) is 0. The van der Waals surface area contributed by atoms with Crippen LogP contribution in [0.3, 0.4) is 0 Å². The van der Waals surface area contributed by atoms with Crippen molar-refractivity contribution in [1.29, 1.82) is 0 Å². The molecule has 0 aliphatic rings. The van der Waals surface area contributed by atoms with Gasteiger partial charge in [-0.1, -0.05) is 25.1 Å². The lowest BCUT2D eigenvalue weighted by Gasteiger charge is -2.17.